The van der Waals surface area contributed by atoms with Crippen LogP contribution in [0.25, 0.3) is 0 Å². The maximum Gasteiger partial charge on any atom is 0.260 e. The third-order valence-corrected chi connectivity index (χ3v) is 2.55. The second-order valence-electron chi connectivity index (χ2n) is 3.28. The average molecular weight is 286 g/mol. The highest BCUT2D eigenvalue weighted by Crippen LogP contribution is 2.18. The Balaban J connectivity index is 2.25. The third-order valence-electron chi connectivity index (χ3n) is 2.08. The van der Waals surface area contributed by atoms with E-state index in [-0.39, 0.29) is 21.7 Å². The number of carbonyl (C=O) groups excluding carboxylic acids is 1. The standard InChI is InChI=1S/C11H6Cl2FN3O/c12-9-6(5-15-11(13)17-9)10(18)16-8-4-2-1-3-7(8)14/h1-5H,(H,16,18). The normalized spacial score (nSPS) is 10.2. The number of amides is 1. The van der Waals surface area contributed by atoms with Gasteiger partial charge in [-0.15, -0.1) is 0 Å². The van der Waals surface area contributed by atoms with Gasteiger partial charge < -0.3 is 5.32 Å². The van der Waals surface area contributed by atoms with E-state index in [1.807, 2.05) is 0 Å². The Kier molecular flexibility index (Phi) is 3.74. The number of nitrogens with one attached hydrogen (secondary N) is 1. The number of hydrogen-bond donors (Lipinski definition) is 1. The van der Waals surface area contributed by atoms with Crippen LogP contribution < -0.4 is 5.32 Å². The number of para-hydroxylation sites is 1. The zero-order valence-electron chi connectivity index (χ0n) is 8.82. The van der Waals surface area contributed by atoms with Crippen molar-refractivity contribution >= 4 is 34.8 Å². The SMILES string of the molecule is O=C(Nc1ccccc1F)c1cnc(Cl)nc1Cl. The van der Waals surface area contributed by atoms with Gasteiger partial charge in [-0.25, -0.2) is 14.4 Å². The van der Waals surface area contributed by atoms with Gasteiger partial charge in [-0.3, -0.25) is 4.79 Å². The molecule has 1 heterocycles. The molecule has 0 saturated carbocycles. The van der Waals surface area contributed by atoms with Crippen LogP contribution in [0.4, 0.5) is 10.1 Å². The van der Waals surface area contributed by atoms with Crippen LogP contribution in [0.1, 0.15) is 10.4 Å². The largest absolute Gasteiger partial charge is 0.319 e. The molecule has 0 bridgehead atoms. The van der Waals surface area contributed by atoms with Crippen molar-refractivity contribution in [3.8, 4) is 0 Å². The minimum atomic E-state index is -0.609. The van der Waals surface area contributed by atoms with Crippen LogP contribution in [-0.2, 0) is 0 Å². The number of hydrogen-bond acceptors (Lipinski definition) is 3. The first-order valence-corrected chi connectivity index (χ1v) is 5.57. The summed E-state index contributed by atoms with van der Waals surface area (Å²) in [5.41, 5.74) is 0.0674. The monoisotopic (exact) mass is 285 g/mol. The topological polar surface area (TPSA) is 54.9 Å². The Morgan fingerprint density at radius 2 is 2.00 bits per heavy atom. The molecule has 18 heavy (non-hydrogen) atoms. The van der Waals surface area contributed by atoms with Gasteiger partial charge in [-0.05, 0) is 23.7 Å². The van der Waals surface area contributed by atoms with Crippen molar-refractivity contribution in [3.05, 3.63) is 52.3 Å². The lowest BCUT2D eigenvalue weighted by molar-refractivity contribution is 0.102. The summed E-state index contributed by atoms with van der Waals surface area (Å²) in [6, 6.07) is 5.77. The molecule has 0 aliphatic heterocycles. The molecular weight excluding hydrogens is 280 g/mol. The average Bonchev–Trinajstić information content (AvgIpc) is 2.32. The van der Waals surface area contributed by atoms with Crippen LogP contribution in [0.3, 0.4) is 0 Å². The first-order chi connectivity index (χ1) is 8.58. The van der Waals surface area contributed by atoms with Gasteiger partial charge in [0, 0.05) is 6.20 Å². The maximum absolute atomic E-state index is 13.3. The zero-order chi connectivity index (χ0) is 13.1. The molecule has 0 atom stereocenters. The van der Waals surface area contributed by atoms with Crippen LogP contribution in [0.5, 0.6) is 0 Å². The van der Waals surface area contributed by atoms with E-state index in [9.17, 15) is 9.18 Å². The predicted molar refractivity (Wildman–Crippen MR) is 66.4 cm³/mol. The highest BCUT2D eigenvalue weighted by molar-refractivity contribution is 6.34. The van der Waals surface area contributed by atoms with Crippen LogP contribution in [0.2, 0.25) is 10.4 Å². The van der Waals surface area contributed by atoms with Gasteiger partial charge >= 0.3 is 0 Å². The van der Waals surface area contributed by atoms with Crippen molar-refractivity contribution in [2.45, 2.75) is 0 Å². The van der Waals surface area contributed by atoms with E-state index in [4.69, 9.17) is 23.2 Å². The smallest absolute Gasteiger partial charge is 0.260 e. The predicted octanol–water partition coefficient (Wildman–Crippen LogP) is 3.17. The van der Waals surface area contributed by atoms with Crippen molar-refractivity contribution in [3.63, 3.8) is 0 Å². The molecule has 0 saturated heterocycles. The van der Waals surface area contributed by atoms with Gasteiger partial charge in [-0.1, -0.05) is 23.7 Å². The van der Waals surface area contributed by atoms with Crippen LogP contribution >= 0.6 is 23.2 Å². The van der Waals surface area contributed by atoms with Gasteiger partial charge in [-0.2, -0.15) is 0 Å². The lowest BCUT2D eigenvalue weighted by Gasteiger charge is -2.06. The fourth-order valence-electron chi connectivity index (χ4n) is 1.25. The molecule has 0 aliphatic rings. The second-order valence-corrected chi connectivity index (χ2v) is 3.97. The Bertz CT molecular complexity index is 607. The van der Waals surface area contributed by atoms with Gasteiger partial charge in [0.05, 0.1) is 11.3 Å². The molecule has 1 aromatic heterocycles. The second kappa shape index (κ2) is 5.29. The Labute approximate surface area is 112 Å². The lowest BCUT2D eigenvalue weighted by atomic mass is 10.2. The number of halogens is 3. The summed E-state index contributed by atoms with van der Waals surface area (Å²) in [6.07, 6.45) is 1.17. The Morgan fingerprint density at radius 1 is 1.28 bits per heavy atom. The first-order valence-electron chi connectivity index (χ1n) is 4.82. The quantitative estimate of drug-likeness (QED) is 0.681. The number of carbonyl (C=O) groups is 1. The van der Waals surface area contributed by atoms with Gasteiger partial charge in [0.2, 0.25) is 5.28 Å². The molecule has 0 radical (unpaired) electrons. The summed E-state index contributed by atoms with van der Waals surface area (Å²) in [5.74, 6) is -1.15. The van der Waals surface area contributed by atoms with E-state index in [1.54, 1.807) is 6.07 Å². The Hall–Kier alpha value is -1.72. The molecule has 1 amide bonds. The van der Waals surface area contributed by atoms with E-state index >= 15 is 0 Å². The zero-order valence-corrected chi connectivity index (χ0v) is 10.3. The van der Waals surface area contributed by atoms with E-state index in [2.05, 4.69) is 15.3 Å². The molecule has 1 aromatic carbocycles. The molecule has 92 valence electrons. The molecule has 0 unspecified atom stereocenters. The van der Waals surface area contributed by atoms with Crippen LogP contribution in [-0.4, -0.2) is 15.9 Å². The third kappa shape index (κ3) is 2.75. The number of benzene rings is 1. The van der Waals surface area contributed by atoms with Crippen molar-refractivity contribution in [1.82, 2.24) is 9.97 Å². The molecule has 0 spiro atoms. The molecule has 7 heteroatoms. The molecular formula is C11H6Cl2FN3O. The van der Waals surface area contributed by atoms with Crippen molar-refractivity contribution in [2.24, 2.45) is 0 Å². The first kappa shape index (κ1) is 12.7. The molecule has 1 N–H and O–H groups in total. The van der Waals surface area contributed by atoms with Crippen LogP contribution in [0.15, 0.2) is 30.5 Å². The number of rotatable bonds is 2. The van der Waals surface area contributed by atoms with Crippen LogP contribution in [0, 0.1) is 5.82 Å². The summed E-state index contributed by atoms with van der Waals surface area (Å²) in [4.78, 5) is 19.1. The molecule has 0 fully saturated rings. The van der Waals surface area contributed by atoms with Gasteiger partial charge in [0.1, 0.15) is 11.0 Å². The maximum atomic E-state index is 13.3. The van der Waals surface area contributed by atoms with Gasteiger partial charge in [0.25, 0.3) is 5.91 Å². The molecule has 0 aliphatic carbocycles. The molecule has 4 nitrogen and oxygen atoms in total. The molecule has 2 aromatic rings. The lowest BCUT2D eigenvalue weighted by Crippen LogP contribution is -2.14. The summed E-state index contributed by atoms with van der Waals surface area (Å²) in [6.45, 7) is 0. The van der Waals surface area contributed by atoms with E-state index in [0.717, 1.165) is 0 Å². The van der Waals surface area contributed by atoms with E-state index < -0.39 is 11.7 Å². The summed E-state index contributed by atoms with van der Waals surface area (Å²) < 4.78 is 13.3. The minimum Gasteiger partial charge on any atom is -0.319 e. The van der Waals surface area contributed by atoms with E-state index in [0.29, 0.717) is 0 Å². The number of anilines is 1. The fraction of sp³-hybridized carbons (Fsp3) is 0. The van der Waals surface area contributed by atoms with Crippen molar-refractivity contribution in [2.75, 3.05) is 5.32 Å². The molecule has 2 rings (SSSR count). The van der Waals surface area contributed by atoms with Crippen molar-refractivity contribution < 1.29 is 9.18 Å². The highest BCUT2D eigenvalue weighted by atomic mass is 35.5. The fourth-order valence-corrected chi connectivity index (χ4v) is 1.64. The summed E-state index contributed by atoms with van der Waals surface area (Å²) in [5, 5.41) is 2.20. The number of nitrogens with zero attached hydrogens (tertiary/aromatic N) is 2. The summed E-state index contributed by atoms with van der Waals surface area (Å²) >= 11 is 11.2. The van der Waals surface area contributed by atoms with Gasteiger partial charge in [0.15, 0.2) is 0 Å². The summed E-state index contributed by atoms with van der Waals surface area (Å²) in [7, 11) is 0. The van der Waals surface area contributed by atoms with E-state index in [1.165, 1.54) is 24.4 Å². The highest BCUT2D eigenvalue weighted by Gasteiger charge is 2.14. The number of aromatic nitrogens is 2. The Morgan fingerprint density at radius 3 is 2.67 bits per heavy atom. The van der Waals surface area contributed by atoms with Crippen molar-refractivity contribution in [1.29, 1.82) is 0 Å². The minimum absolute atomic E-state index is 0.0179.